The van der Waals surface area contributed by atoms with Crippen LogP contribution in [0.1, 0.15) is 17.3 Å². The van der Waals surface area contributed by atoms with E-state index in [1.807, 2.05) is 5.32 Å². The number of esters is 1. The van der Waals surface area contributed by atoms with Crippen LogP contribution in [0, 0.1) is 5.82 Å². The number of carbonyl (C=O) groups is 2. The van der Waals surface area contributed by atoms with Crippen molar-refractivity contribution in [1.82, 2.24) is 5.32 Å². The fraction of sp³-hybridized carbons (Fsp3) is 0.222. The molecule has 28 heavy (non-hydrogen) atoms. The van der Waals surface area contributed by atoms with Gasteiger partial charge in [-0.25, -0.2) is 9.18 Å². The van der Waals surface area contributed by atoms with E-state index in [-0.39, 0.29) is 22.9 Å². The Morgan fingerprint density at radius 3 is 2.21 bits per heavy atom. The van der Waals surface area contributed by atoms with Gasteiger partial charge in [0.15, 0.2) is 0 Å². The number of benzene rings is 2. The third-order valence-corrected chi connectivity index (χ3v) is 3.93. The van der Waals surface area contributed by atoms with Gasteiger partial charge in [0.25, 0.3) is 5.91 Å². The Labute approximate surface area is 162 Å². The highest BCUT2D eigenvalue weighted by atomic mass is 35.5. The Morgan fingerprint density at radius 2 is 1.68 bits per heavy atom. The first-order chi connectivity index (χ1) is 13.1. The fourth-order valence-corrected chi connectivity index (χ4v) is 2.48. The van der Waals surface area contributed by atoms with E-state index in [4.69, 9.17) is 11.6 Å². The first-order valence-electron chi connectivity index (χ1n) is 7.95. The van der Waals surface area contributed by atoms with E-state index in [0.717, 1.165) is 24.3 Å². The molecule has 0 aliphatic heterocycles. The lowest BCUT2D eigenvalue weighted by atomic mass is 10.1. The highest BCUT2D eigenvalue weighted by Crippen LogP contribution is 2.34. The van der Waals surface area contributed by atoms with Crippen molar-refractivity contribution >= 4 is 29.2 Å². The van der Waals surface area contributed by atoms with Crippen LogP contribution in [0.25, 0.3) is 0 Å². The number of anilines is 1. The molecule has 0 spiro atoms. The summed E-state index contributed by atoms with van der Waals surface area (Å²) < 4.78 is 59.7. The first kappa shape index (κ1) is 21.5. The van der Waals surface area contributed by atoms with Crippen LogP contribution in [0.4, 0.5) is 23.2 Å². The molecule has 0 radical (unpaired) electrons. The maximum absolute atomic E-state index is 14.0. The van der Waals surface area contributed by atoms with Crippen molar-refractivity contribution in [3.8, 4) is 0 Å². The van der Waals surface area contributed by atoms with Gasteiger partial charge in [-0.3, -0.25) is 4.79 Å². The standard InChI is InChI=1S/C18H15ClF4N2O3/c1-2-28-16(27)17(18(21,22)23,24-12-9-7-11(20)8-10-12)25-15(26)13-5-3-4-6-14(13)19/h3-10,24H,2H2,1H3,(H,25,26). The normalized spacial score (nSPS) is 13.4. The Kier molecular flexibility index (Phi) is 6.50. The number of rotatable bonds is 6. The van der Waals surface area contributed by atoms with Crippen molar-refractivity contribution in [3.63, 3.8) is 0 Å². The van der Waals surface area contributed by atoms with E-state index >= 15 is 0 Å². The van der Waals surface area contributed by atoms with Crippen LogP contribution < -0.4 is 10.6 Å². The summed E-state index contributed by atoms with van der Waals surface area (Å²) in [5, 5.41) is 3.46. The Balaban J connectivity index is 2.52. The second-order valence-corrected chi connectivity index (χ2v) is 5.94. The minimum atomic E-state index is -5.31. The molecular weight excluding hydrogens is 404 g/mol. The SMILES string of the molecule is CCOC(=O)C(NC(=O)c1ccccc1Cl)(Nc1ccc(F)cc1)C(F)(F)F. The van der Waals surface area contributed by atoms with Crippen LogP contribution in [0.15, 0.2) is 48.5 Å². The molecule has 0 aromatic heterocycles. The van der Waals surface area contributed by atoms with Gasteiger partial charge in [0.05, 0.1) is 17.2 Å². The van der Waals surface area contributed by atoms with Crippen molar-refractivity contribution in [2.24, 2.45) is 0 Å². The summed E-state index contributed by atoms with van der Waals surface area (Å²) in [6, 6.07) is 9.14. The van der Waals surface area contributed by atoms with Crippen LogP contribution in [0.2, 0.25) is 5.02 Å². The fourth-order valence-electron chi connectivity index (χ4n) is 2.26. The Bertz CT molecular complexity index is 859. The number of alkyl halides is 3. The molecule has 2 N–H and O–H groups in total. The highest BCUT2D eigenvalue weighted by Gasteiger charge is 2.63. The highest BCUT2D eigenvalue weighted by molar-refractivity contribution is 6.33. The Morgan fingerprint density at radius 1 is 1.07 bits per heavy atom. The monoisotopic (exact) mass is 418 g/mol. The largest absolute Gasteiger partial charge is 0.463 e. The molecule has 0 fully saturated rings. The number of ether oxygens (including phenoxy) is 1. The average Bonchev–Trinajstić information content (AvgIpc) is 2.62. The van der Waals surface area contributed by atoms with Gasteiger partial charge in [-0.1, -0.05) is 23.7 Å². The van der Waals surface area contributed by atoms with Gasteiger partial charge in [0.1, 0.15) is 5.82 Å². The van der Waals surface area contributed by atoms with E-state index in [1.54, 1.807) is 5.32 Å². The molecule has 1 atom stereocenters. The summed E-state index contributed by atoms with van der Waals surface area (Å²) in [5.41, 5.74) is -4.17. The summed E-state index contributed by atoms with van der Waals surface area (Å²) in [5.74, 6) is -3.74. The molecule has 0 heterocycles. The van der Waals surface area contributed by atoms with Crippen LogP contribution in [-0.4, -0.2) is 30.3 Å². The zero-order valence-corrected chi connectivity index (χ0v) is 15.2. The van der Waals surface area contributed by atoms with E-state index < -0.39 is 29.5 Å². The van der Waals surface area contributed by atoms with Crippen LogP contribution >= 0.6 is 11.6 Å². The predicted molar refractivity (Wildman–Crippen MR) is 94.4 cm³/mol. The number of halogens is 5. The van der Waals surface area contributed by atoms with Crippen LogP contribution in [-0.2, 0) is 9.53 Å². The van der Waals surface area contributed by atoms with E-state index in [1.165, 1.54) is 31.2 Å². The number of amides is 1. The van der Waals surface area contributed by atoms with Gasteiger partial charge in [-0.2, -0.15) is 13.2 Å². The zero-order chi connectivity index (χ0) is 20.9. The summed E-state index contributed by atoms with van der Waals surface area (Å²) in [6.07, 6.45) is -5.31. The van der Waals surface area contributed by atoms with E-state index in [0.29, 0.717) is 0 Å². The molecule has 0 aliphatic rings. The molecule has 5 nitrogen and oxygen atoms in total. The molecule has 2 aromatic carbocycles. The third-order valence-electron chi connectivity index (χ3n) is 3.60. The molecule has 1 amide bonds. The third kappa shape index (κ3) is 4.53. The topological polar surface area (TPSA) is 67.4 Å². The molecule has 0 saturated heterocycles. The quantitative estimate of drug-likeness (QED) is 0.420. The maximum atomic E-state index is 14.0. The lowest BCUT2D eigenvalue weighted by Gasteiger charge is -2.35. The molecule has 1 unspecified atom stereocenters. The second-order valence-electron chi connectivity index (χ2n) is 5.53. The van der Waals surface area contributed by atoms with E-state index in [2.05, 4.69) is 4.74 Å². The number of carbonyl (C=O) groups excluding carboxylic acids is 2. The first-order valence-corrected chi connectivity index (χ1v) is 8.33. The molecule has 0 saturated carbocycles. The number of nitrogens with one attached hydrogen (secondary N) is 2. The van der Waals surface area contributed by atoms with Gasteiger partial charge in [-0.15, -0.1) is 0 Å². The lowest BCUT2D eigenvalue weighted by molar-refractivity contribution is -0.204. The molecule has 150 valence electrons. The minimum Gasteiger partial charge on any atom is -0.463 e. The predicted octanol–water partition coefficient (Wildman–Crippen LogP) is 4.14. The maximum Gasteiger partial charge on any atom is 0.441 e. The second kappa shape index (κ2) is 8.47. The van der Waals surface area contributed by atoms with Gasteiger partial charge >= 0.3 is 17.8 Å². The molecule has 10 heteroatoms. The number of hydrogen-bond acceptors (Lipinski definition) is 4. The summed E-state index contributed by atoms with van der Waals surface area (Å²) >= 11 is 5.86. The summed E-state index contributed by atoms with van der Waals surface area (Å²) in [4.78, 5) is 24.8. The van der Waals surface area contributed by atoms with Crippen molar-refractivity contribution in [2.45, 2.75) is 18.8 Å². The van der Waals surface area contributed by atoms with Crippen molar-refractivity contribution in [3.05, 3.63) is 64.9 Å². The van der Waals surface area contributed by atoms with Crippen molar-refractivity contribution in [2.75, 3.05) is 11.9 Å². The van der Waals surface area contributed by atoms with Gasteiger partial charge < -0.3 is 15.4 Å². The lowest BCUT2D eigenvalue weighted by Crippen LogP contribution is -2.69. The number of hydrogen-bond donors (Lipinski definition) is 2. The van der Waals surface area contributed by atoms with Crippen LogP contribution in [0.5, 0.6) is 0 Å². The van der Waals surface area contributed by atoms with Gasteiger partial charge in [-0.05, 0) is 43.3 Å². The average molecular weight is 419 g/mol. The summed E-state index contributed by atoms with van der Waals surface area (Å²) in [6.45, 7) is 0.941. The van der Waals surface area contributed by atoms with Gasteiger partial charge in [0.2, 0.25) is 0 Å². The van der Waals surface area contributed by atoms with Crippen LogP contribution in [0.3, 0.4) is 0 Å². The molecule has 0 aliphatic carbocycles. The molecule has 2 aromatic rings. The molecule has 2 rings (SSSR count). The zero-order valence-electron chi connectivity index (χ0n) is 14.4. The minimum absolute atomic E-state index is 0.110. The smallest absolute Gasteiger partial charge is 0.441 e. The molecule has 0 bridgehead atoms. The Hall–Kier alpha value is -2.81. The van der Waals surface area contributed by atoms with Crippen molar-refractivity contribution < 1.29 is 31.9 Å². The van der Waals surface area contributed by atoms with Crippen molar-refractivity contribution in [1.29, 1.82) is 0 Å². The van der Waals surface area contributed by atoms with Gasteiger partial charge in [0, 0.05) is 5.69 Å². The summed E-state index contributed by atoms with van der Waals surface area (Å²) in [7, 11) is 0. The van der Waals surface area contributed by atoms with E-state index in [9.17, 15) is 27.2 Å². The molecular formula is C18H15ClF4N2O3.